The highest BCUT2D eigenvalue weighted by molar-refractivity contribution is 7.89. The van der Waals surface area contributed by atoms with E-state index < -0.39 is 15.9 Å². The maximum atomic E-state index is 13.4. The molecule has 0 aliphatic heterocycles. The van der Waals surface area contributed by atoms with Crippen molar-refractivity contribution < 1.29 is 17.6 Å². The van der Waals surface area contributed by atoms with Crippen LogP contribution in [0.5, 0.6) is 0 Å². The van der Waals surface area contributed by atoms with Gasteiger partial charge in [-0.25, -0.2) is 22.5 Å². The Hall–Kier alpha value is -2.78. The van der Waals surface area contributed by atoms with E-state index in [0.29, 0.717) is 22.5 Å². The smallest absolute Gasteiger partial charge is 0.284 e. The molecule has 9 heteroatoms. The summed E-state index contributed by atoms with van der Waals surface area (Å²) in [6.07, 6.45) is 1.87. The Morgan fingerprint density at radius 1 is 1.19 bits per heavy atom. The van der Waals surface area contributed by atoms with E-state index in [1.54, 1.807) is 19.1 Å². The minimum Gasteiger partial charge on any atom is -0.340 e. The number of benzene rings is 2. The molecule has 1 aliphatic rings. The molecule has 0 radical (unpaired) electrons. The lowest BCUT2D eigenvalue weighted by atomic mass is 10.1. The van der Waals surface area contributed by atoms with E-state index in [0.717, 1.165) is 18.2 Å². The molecule has 1 fully saturated rings. The third kappa shape index (κ3) is 5.11. The van der Waals surface area contributed by atoms with Crippen molar-refractivity contribution in [3.05, 3.63) is 82.1 Å². The Bertz CT molecular complexity index is 1190. The number of carbonyl (C=O) groups is 1. The van der Waals surface area contributed by atoms with E-state index >= 15 is 0 Å². The highest BCUT2D eigenvalue weighted by atomic mass is 32.2. The summed E-state index contributed by atoms with van der Waals surface area (Å²) in [5.41, 5.74) is 2.27. The van der Waals surface area contributed by atoms with E-state index in [1.165, 1.54) is 29.0 Å². The molecule has 1 aromatic heterocycles. The molecule has 1 saturated carbocycles. The predicted molar refractivity (Wildman–Crippen MR) is 119 cm³/mol. The van der Waals surface area contributed by atoms with Gasteiger partial charge in [0.05, 0.1) is 6.26 Å². The number of hydrogen-bond acceptors (Lipinski definition) is 6. The second-order valence-electron chi connectivity index (χ2n) is 7.68. The summed E-state index contributed by atoms with van der Waals surface area (Å²) in [7, 11) is -3.68. The molecule has 2 aromatic carbocycles. The largest absolute Gasteiger partial charge is 0.340 e. The SMILES string of the molecule is Cc1sc(N(Cc2ccc(F)cc2)[C@H]2C[C@@H]2c2ccccc2)nc1C(=O)NS(C)(=O)=O. The van der Waals surface area contributed by atoms with Gasteiger partial charge in [0, 0.05) is 23.4 Å². The first-order valence-corrected chi connectivity index (χ1v) is 12.5. The average molecular weight is 460 g/mol. The van der Waals surface area contributed by atoms with Crippen LogP contribution in [0.3, 0.4) is 0 Å². The van der Waals surface area contributed by atoms with Gasteiger partial charge in [0.15, 0.2) is 5.13 Å². The lowest BCUT2D eigenvalue weighted by Gasteiger charge is -2.23. The molecule has 162 valence electrons. The van der Waals surface area contributed by atoms with Crippen molar-refractivity contribution in [2.45, 2.75) is 31.8 Å². The van der Waals surface area contributed by atoms with Gasteiger partial charge in [0.25, 0.3) is 5.91 Å². The standard InChI is InChI=1S/C22H22FN3O3S2/c1-14-20(21(27)25-31(2,28)29)24-22(30-14)26(13-15-8-10-17(23)11-9-15)19-12-18(19)16-6-4-3-5-7-16/h3-11,18-19H,12-13H2,1-2H3,(H,25,27)/t18-,19+/m1/s1. The van der Waals surface area contributed by atoms with Crippen LogP contribution >= 0.6 is 11.3 Å². The number of hydrogen-bond donors (Lipinski definition) is 1. The second kappa shape index (κ2) is 8.39. The number of thiazole rings is 1. The number of anilines is 1. The van der Waals surface area contributed by atoms with Crippen molar-refractivity contribution in [1.82, 2.24) is 9.71 Å². The fourth-order valence-electron chi connectivity index (χ4n) is 3.63. The summed E-state index contributed by atoms with van der Waals surface area (Å²) in [6, 6.07) is 16.7. The number of nitrogens with one attached hydrogen (secondary N) is 1. The fourth-order valence-corrected chi connectivity index (χ4v) is 5.03. The first-order valence-electron chi connectivity index (χ1n) is 9.77. The predicted octanol–water partition coefficient (Wildman–Crippen LogP) is 3.84. The van der Waals surface area contributed by atoms with E-state index in [1.807, 2.05) is 22.9 Å². The summed E-state index contributed by atoms with van der Waals surface area (Å²) in [5.74, 6) is -0.701. The Morgan fingerprint density at radius 3 is 2.52 bits per heavy atom. The highest BCUT2D eigenvalue weighted by Gasteiger charge is 2.44. The van der Waals surface area contributed by atoms with Crippen molar-refractivity contribution in [2.75, 3.05) is 11.2 Å². The van der Waals surface area contributed by atoms with E-state index in [4.69, 9.17) is 0 Å². The number of aromatic nitrogens is 1. The van der Waals surface area contributed by atoms with Crippen molar-refractivity contribution in [2.24, 2.45) is 0 Å². The zero-order valence-electron chi connectivity index (χ0n) is 17.1. The molecule has 1 amide bonds. The van der Waals surface area contributed by atoms with Crippen molar-refractivity contribution >= 4 is 32.4 Å². The summed E-state index contributed by atoms with van der Waals surface area (Å²) < 4.78 is 38.3. The van der Waals surface area contributed by atoms with E-state index in [-0.39, 0.29) is 17.6 Å². The Balaban J connectivity index is 1.64. The number of amides is 1. The fraction of sp³-hybridized carbons (Fsp3) is 0.273. The number of halogens is 1. The minimum absolute atomic E-state index is 0.103. The van der Waals surface area contributed by atoms with Crippen LogP contribution in [-0.2, 0) is 16.6 Å². The van der Waals surface area contributed by atoms with Crippen LogP contribution < -0.4 is 9.62 Å². The number of nitrogens with zero attached hydrogens (tertiary/aromatic N) is 2. The maximum absolute atomic E-state index is 13.4. The van der Waals surface area contributed by atoms with Crippen molar-refractivity contribution in [1.29, 1.82) is 0 Å². The third-order valence-electron chi connectivity index (χ3n) is 5.18. The van der Waals surface area contributed by atoms with Gasteiger partial charge in [-0.2, -0.15) is 0 Å². The van der Waals surface area contributed by atoms with Crippen LogP contribution in [0.25, 0.3) is 0 Å². The van der Waals surface area contributed by atoms with Gasteiger partial charge in [-0.1, -0.05) is 42.5 Å². The molecule has 0 bridgehead atoms. The van der Waals surface area contributed by atoms with E-state index in [2.05, 4.69) is 22.0 Å². The number of aryl methyl sites for hydroxylation is 1. The Kier molecular flexibility index (Phi) is 5.81. The Morgan fingerprint density at radius 2 is 1.87 bits per heavy atom. The monoisotopic (exact) mass is 459 g/mol. The van der Waals surface area contributed by atoms with Gasteiger partial charge in [-0.3, -0.25) is 4.79 Å². The van der Waals surface area contributed by atoms with Crippen LogP contribution in [0.4, 0.5) is 9.52 Å². The molecule has 2 atom stereocenters. The molecule has 3 aromatic rings. The lowest BCUT2D eigenvalue weighted by molar-refractivity contribution is 0.0977. The summed E-state index contributed by atoms with van der Waals surface area (Å²) >= 11 is 1.35. The lowest BCUT2D eigenvalue weighted by Crippen LogP contribution is -2.30. The summed E-state index contributed by atoms with van der Waals surface area (Å²) in [6.45, 7) is 2.25. The highest BCUT2D eigenvalue weighted by Crippen LogP contribution is 2.47. The Labute approximate surface area is 184 Å². The molecule has 0 saturated heterocycles. The third-order valence-corrected chi connectivity index (χ3v) is 6.74. The summed E-state index contributed by atoms with van der Waals surface area (Å²) in [4.78, 5) is 19.6. The second-order valence-corrected chi connectivity index (χ2v) is 10.6. The van der Waals surface area contributed by atoms with Crippen LogP contribution in [0.15, 0.2) is 54.6 Å². The first kappa shape index (κ1) is 21.5. The molecule has 0 unspecified atom stereocenters. The zero-order chi connectivity index (χ0) is 22.2. The molecule has 1 N–H and O–H groups in total. The number of rotatable bonds is 7. The first-order chi connectivity index (χ1) is 14.7. The molecule has 31 heavy (non-hydrogen) atoms. The molecule has 1 heterocycles. The quantitative estimate of drug-likeness (QED) is 0.581. The maximum Gasteiger partial charge on any atom is 0.284 e. The van der Waals surface area contributed by atoms with Gasteiger partial charge in [-0.15, -0.1) is 11.3 Å². The van der Waals surface area contributed by atoms with Crippen LogP contribution in [0, 0.1) is 12.7 Å². The number of sulfonamides is 1. The van der Waals surface area contributed by atoms with Gasteiger partial charge < -0.3 is 4.90 Å². The van der Waals surface area contributed by atoms with Gasteiger partial charge in [0.1, 0.15) is 11.5 Å². The van der Waals surface area contributed by atoms with Crippen LogP contribution in [-0.4, -0.2) is 31.6 Å². The molecule has 4 rings (SSSR count). The molecule has 0 spiro atoms. The van der Waals surface area contributed by atoms with E-state index in [9.17, 15) is 17.6 Å². The zero-order valence-corrected chi connectivity index (χ0v) is 18.7. The minimum atomic E-state index is -3.68. The van der Waals surface area contributed by atoms with Gasteiger partial charge in [-0.05, 0) is 36.6 Å². The molecular weight excluding hydrogens is 437 g/mol. The number of carbonyl (C=O) groups excluding carboxylic acids is 1. The molecule has 1 aliphatic carbocycles. The van der Waals surface area contributed by atoms with Gasteiger partial charge in [0.2, 0.25) is 10.0 Å². The van der Waals surface area contributed by atoms with Crippen molar-refractivity contribution in [3.8, 4) is 0 Å². The normalized spacial score (nSPS) is 17.9. The molecule has 6 nitrogen and oxygen atoms in total. The van der Waals surface area contributed by atoms with Crippen LogP contribution in [0.1, 0.15) is 38.8 Å². The summed E-state index contributed by atoms with van der Waals surface area (Å²) in [5, 5.41) is 0.643. The topological polar surface area (TPSA) is 79.4 Å². The average Bonchev–Trinajstić information content (AvgIpc) is 3.41. The van der Waals surface area contributed by atoms with Crippen molar-refractivity contribution in [3.63, 3.8) is 0 Å². The van der Waals surface area contributed by atoms with Crippen LogP contribution in [0.2, 0.25) is 0 Å². The molecular formula is C22H22FN3O3S2. The van der Waals surface area contributed by atoms with Gasteiger partial charge >= 0.3 is 0 Å².